The number of rotatable bonds is 7. The van der Waals surface area contributed by atoms with Gasteiger partial charge in [-0.1, -0.05) is 40.5 Å². The lowest BCUT2D eigenvalue weighted by Crippen LogP contribution is -2.40. The Morgan fingerprint density at radius 2 is 1.41 bits per heavy atom. The largest absolute Gasteiger partial charge is 0.375 e. The van der Waals surface area contributed by atoms with Crippen molar-refractivity contribution in [2.24, 2.45) is 17.8 Å². The summed E-state index contributed by atoms with van der Waals surface area (Å²) in [4.78, 5) is 2.62. The van der Waals surface area contributed by atoms with Crippen molar-refractivity contribution in [1.29, 1.82) is 0 Å². The fourth-order valence-electron chi connectivity index (χ4n) is 4.14. The van der Waals surface area contributed by atoms with Crippen molar-refractivity contribution in [2.45, 2.75) is 91.3 Å². The standard InChI is InChI=1S/C20H39NO/c1-16(2)5-6-18-7-9-19(10-8-18)22-20-11-13-21(14-12-20)15-17(3)4/h16-20H,5-15H2,1-4H3. The van der Waals surface area contributed by atoms with E-state index in [1.165, 1.54) is 71.0 Å². The Kier molecular flexibility index (Phi) is 7.70. The SMILES string of the molecule is CC(C)CCC1CCC(OC2CCN(CC(C)C)CC2)CC1. The molecule has 1 saturated heterocycles. The molecule has 0 aromatic heterocycles. The summed E-state index contributed by atoms with van der Waals surface area (Å²) in [6.45, 7) is 13.1. The van der Waals surface area contributed by atoms with Gasteiger partial charge in [0.05, 0.1) is 12.2 Å². The molecule has 2 heteroatoms. The van der Waals surface area contributed by atoms with Crippen LogP contribution in [-0.2, 0) is 4.74 Å². The summed E-state index contributed by atoms with van der Waals surface area (Å²) in [7, 11) is 0. The van der Waals surface area contributed by atoms with E-state index >= 15 is 0 Å². The summed E-state index contributed by atoms with van der Waals surface area (Å²) < 4.78 is 6.43. The van der Waals surface area contributed by atoms with Crippen LogP contribution in [0.1, 0.15) is 79.1 Å². The highest BCUT2D eigenvalue weighted by molar-refractivity contribution is 4.78. The van der Waals surface area contributed by atoms with Crippen LogP contribution in [0.25, 0.3) is 0 Å². The minimum atomic E-state index is 0.542. The topological polar surface area (TPSA) is 12.5 Å². The average Bonchev–Trinajstić information content (AvgIpc) is 2.48. The lowest BCUT2D eigenvalue weighted by Gasteiger charge is -2.36. The van der Waals surface area contributed by atoms with E-state index in [-0.39, 0.29) is 0 Å². The normalized spacial score (nSPS) is 28.6. The van der Waals surface area contributed by atoms with Crippen molar-refractivity contribution in [3.8, 4) is 0 Å². The molecule has 2 nitrogen and oxygen atoms in total. The van der Waals surface area contributed by atoms with Crippen LogP contribution in [-0.4, -0.2) is 36.7 Å². The van der Waals surface area contributed by atoms with Crippen LogP contribution in [0.5, 0.6) is 0 Å². The molecule has 22 heavy (non-hydrogen) atoms. The Labute approximate surface area is 139 Å². The first-order valence-corrected chi connectivity index (χ1v) is 9.90. The molecule has 0 aromatic carbocycles. The zero-order chi connectivity index (χ0) is 15.9. The van der Waals surface area contributed by atoms with Crippen LogP contribution in [0, 0.1) is 17.8 Å². The molecule has 2 fully saturated rings. The van der Waals surface area contributed by atoms with Crippen LogP contribution < -0.4 is 0 Å². The van der Waals surface area contributed by atoms with Crippen molar-refractivity contribution < 1.29 is 4.74 Å². The van der Waals surface area contributed by atoms with E-state index in [2.05, 4.69) is 32.6 Å². The van der Waals surface area contributed by atoms with E-state index in [4.69, 9.17) is 4.74 Å². The molecule has 2 aliphatic rings. The van der Waals surface area contributed by atoms with Gasteiger partial charge in [-0.25, -0.2) is 0 Å². The molecule has 0 spiro atoms. The Hall–Kier alpha value is -0.0800. The van der Waals surface area contributed by atoms with Crippen molar-refractivity contribution in [3.05, 3.63) is 0 Å². The average molecular weight is 310 g/mol. The second-order valence-electron chi connectivity index (χ2n) is 8.64. The monoisotopic (exact) mass is 309 g/mol. The molecule has 130 valence electrons. The quantitative estimate of drug-likeness (QED) is 0.647. The molecule has 2 rings (SSSR count). The molecule has 0 unspecified atom stereocenters. The molecular weight excluding hydrogens is 270 g/mol. The maximum atomic E-state index is 6.43. The lowest BCUT2D eigenvalue weighted by atomic mass is 9.83. The van der Waals surface area contributed by atoms with Gasteiger partial charge in [0, 0.05) is 19.6 Å². The number of hydrogen-bond acceptors (Lipinski definition) is 2. The molecule has 0 N–H and O–H groups in total. The minimum Gasteiger partial charge on any atom is -0.375 e. The van der Waals surface area contributed by atoms with Gasteiger partial charge < -0.3 is 9.64 Å². The Balaban J connectivity index is 1.59. The predicted molar refractivity (Wildman–Crippen MR) is 95.2 cm³/mol. The van der Waals surface area contributed by atoms with Crippen LogP contribution in [0.3, 0.4) is 0 Å². The van der Waals surface area contributed by atoms with Crippen molar-refractivity contribution >= 4 is 0 Å². The first-order valence-electron chi connectivity index (χ1n) is 9.90. The van der Waals surface area contributed by atoms with Gasteiger partial charge in [0.2, 0.25) is 0 Å². The zero-order valence-electron chi connectivity index (χ0n) is 15.5. The van der Waals surface area contributed by atoms with Crippen molar-refractivity contribution in [2.75, 3.05) is 19.6 Å². The smallest absolute Gasteiger partial charge is 0.0603 e. The Bertz CT molecular complexity index is 286. The third-order valence-electron chi connectivity index (χ3n) is 5.49. The predicted octanol–water partition coefficient (Wildman–Crippen LogP) is 5.12. The molecule has 0 bridgehead atoms. The van der Waals surface area contributed by atoms with Crippen molar-refractivity contribution in [3.63, 3.8) is 0 Å². The highest BCUT2D eigenvalue weighted by atomic mass is 16.5. The second-order valence-corrected chi connectivity index (χ2v) is 8.64. The minimum absolute atomic E-state index is 0.542. The summed E-state index contributed by atoms with van der Waals surface area (Å²) >= 11 is 0. The number of ether oxygens (including phenoxy) is 1. The van der Waals surface area contributed by atoms with Crippen LogP contribution in [0.2, 0.25) is 0 Å². The number of hydrogen-bond donors (Lipinski definition) is 0. The molecule has 0 aromatic rings. The maximum Gasteiger partial charge on any atom is 0.0603 e. The molecule has 0 atom stereocenters. The second kappa shape index (κ2) is 9.27. The Morgan fingerprint density at radius 1 is 0.818 bits per heavy atom. The van der Waals surface area contributed by atoms with Gasteiger partial charge in [0.25, 0.3) is 0 Å². The number of piperidine rings is 1. The summed E-state index contributed by atoms with van der Waals surface area (Å²) in [5.41, 5.74) is 0. The van der Waals surface area contributed by atoms with Gasteiger partial charge in [-0.2, -0.15) is 0 Å². The molecule has 0 amide bonds. The first-order chi connectivity index (χ1) is 10.5. The van der Waals surface area contributed by atoms with Crippen LogP contribution in [0.4, 0.5) is 0 Å². The highest BCUT2D eigenvalue weighted by Gasteiger charge is 2.26. The first kappa shape index (κ1) is 18.3. The molecule has 1 aliphatic carbocycles. The van der Waals surface area contributed by atoms with Gasteiger partial charge in [-0.15, -0.1) is 0 Å². The van der Waals surface area contributed by atoms with E-state index in [9.17, 15) is 0 Å². The molecule has 1 aliphatic heterocycles. The van der Waals surface area contributed by atoms with Gasteiger partial charge in [-0.3, -0.25) is 0 Å². The van der Waals surface area contributed by atoms with Gasteiger partial charge in [-0.05, 0) is 56.3 Å². The van der Waals surface area contributed by atoms with Gasteiger partial charge in [0.15, 0.2) is 0 Å². The highest BCUT2D eigenvalue weighted by Crippen LogP contribution is 2.32. The summed E-state index contributed by atoms with van der Waals surface area (Å²) in [5.74, 6) is 2.64. The van der Waals surface area contributed by atoms with Crippen LogP contribution >= 0.6 is 0 Å². The van der Waals surface area contributed by atoms with E-state index in [0.717, 1.165) is 17.8 Å². The van der Waals surface area contributed by atoms with Crippen LogP contribution in [0.15, 0.2) is 0 Å². The molecular formula is C20H39NO. The van der Waals surface area contributed by atoms with E-state index < -0.39 is 0 Å². The lowest BCUT2D eigenvalue weighted by molar-refractivity contribution is -0.0621. The number of likely N-dealkylation sites (tertiary alicyclic amines) is 1. The fourth-order valence-corrected chi connectivity index (χ4v) is 4.14. The van der Waals surface area contributed by atoms with E-state index in [0.29, 0.717) is 12.2 Å². The Morgan fingerprint density at radius 3 is 1.95 bits per heavy atom. The van der Waals surface area contributed by atoms with E-state index in [1.54, 1.807) is 0 Å². The molecule has 1 saturated carbocycles. The zero-order valence-corrected chi connectivity index (χ0v) is 15.5. The molecule has 0 radical (unpaired) electrons. The summed E-state index contributed by atoms with van der Waals surface area (Å²) in [5, 5.41) is 0. The third kappa shape index (κ3) is 6.58. The summed E-state index contributed by atoms with van der Waals surface area (Å²) in [6, 6.07) is 0. The van der Waals surface area contributed by atoms with Gasteiger partial charge >= 0.3 is 0 Å². The van der Waals surface area contributed by atoms with Crippen molar-refractivity contribution in [1.82, 2.24) is 4.90 Å². The fraction of sp³-hybridized carbons (Fsp3) is 1.00. The third-order valence-corrected chi connectivity index (χ3v) is 5.49. The summed E-state index contributed by atoms with van der Waals surface area (Å²) in [6.07, 6.45) is 11.9. The number of nitrogens with zero attached hydrogens (tertiary/aromatic N) is 1. The van der Waals surface area contributed by atoms with E-state index in [1.807, 2.05) is 0 Å². The molecule has 1 heterocycles. The maximum absolute atomic E-state index is 6.43. The van der Waals surface area contributed by atoms with Gasteiger partial charge in [0.1, 0.15) is 0 Å².